The topological polar surface area (TPSA) is 38.5 Å². The Morgan fingerprint density at radius 3 is 2.06 bits per heavy atom. The maximum Gasteiger partial charge on any atom is 0.106 e. The largest absolute Gasteiger partial charge is 0.352 e. The van der Waals surface area contributed by atoms with Crippen molar-refractivity contribution in [3.63, 3.8) is 0 Å². The Morgan fingerprint density at radius 2 is 1.32 bits per heavy atom. The number of para-hydroxylation sites is 4. The van der Waals surface area contributed by atoms with Gasteiger partial charge >= 0.3 is 0 Å². The highest BCUT2D eigenvalue weighted by Crippen LogP contribution is 2.32. The highest BCUT2D eigenvalue weighted by atomic mass is 15.0. The molecule has 4 nitrogen and oxygen atoms in total. The molecule has 4 aromatic carbocycles. The summed E-state index contributed by atoms with van der Waals surface area (Å²) in [6.45, 7) is 2.05. The summed E-state index contributed by atoms with van der Waals surface area (Å²) in [6.07, 6.45) is 0. The van der Waals surface area contributed by atoms with Gasteiger partial charge in [0.05, 0.1) is 33.1 Å². The van der Waals surface area contributed by atoms with Gasteiger partial charge < -0.3 is 14.1 Å². The van der Waals surface area contributed by atoms with Gasteiger partial charge in [-0.25, -0.2) is 4.98 Å². The van der Waals surface area contributed by atoms with Crippen molar-refractivity contribution >= 4 is 43.9 Å². The first-order chi connectivity index (χ1) is 15.2. The molecule has 6 rings (SSSR count). The zero-order valence-electron chi connectivity index (χ0n) is 17.5. The van der Waals surface area contributed by atoms with Crippen LogP contribution in [0.1, 0.15) is 5.82 Å². The molecule has 150 valence electrons. The summed E-state index contributed by atoms with van der Waals surface area (Å²) in [5, 5.41) is 2.53. The smallest absolute Gasteiger partial charge is 0.106 e. The van der Waals surface area contributed by atoms with Crippen molar-refractivity contribution in [2.24, 2.45) is 7.05 Å². The Labute approximate surface area is 179 Å². The quantitative estimate of drug-likeness (QED) is 0.331. The molecular weight excluding hydrogens is 380 g/mol. The van der Waals surface area contributed by atoms with Crippen LogP contribution in [0.15, 0.2) is 91.0 Å². The summed E-state index contributed by atoms with van der Waals surface area (Å²) >= 11 is 0. The standard InChI is InChI=1S/C27H22N4/c1-18-28-22-11-5-6-12-23(22)29-24-17-19(15-16-27(24)30(18)2)31-25-13-7-3-9-20(25)21-10-4-8-14-26(21)31/h3-17,29H,1-2H3. The molecule has 0 fully saturated rings. The SMILES string of the molecule is Cc1nc2ccccc2[nH]c2cc(-n3c4ccccc4c4ccccc43)ccc2n1C. The van der Waals surface area contributed by atoms with Crippen molar-refractivity contribution < 1.29 is 0 Å². The molecule has 0 aliphatic heterocycles. The normalized spacial score (nSPS) is 11.5. The molecular formula is C27H22N4. The van der Waals surface area contributed by atoms with E-state index in [9.17, 15) is 0 Å². The molecule has 2 heterocycles. The third kappa shape index (κ3) is 2.72. The van der Waals surface area contributed by atoms with Crippen LogP contribution in [0.4, 0.5) is 0 Å². The van der Waals surface area contributed by atoms with E-state index in [2.05, 4.69) is 94.0 Å². The number of fused-ring (bicyclic) bond motifs is 5. The van der Waals surface area contributed by atoms with Gasteiger partial charge in [0.15, 0.2) is 0 Å². The van der Waals surface area contributed by atoms with Crippen LogP contribution in [0.25, 0.3) is 49.6 Å². The van der Waals surface area contributed by atoms with Crippen molar-refractivity contribution in [2.45, 2.75) is 6.92 Å². The fourth-order valence-electron chi connectivity index (χ4n) is 4.50. The summed E-state index contributed by atoms with van der Waals surface area (Å²) in [5.41, 5.74) is 7.66. The Kier molecular flexibility index (Phi) is 3.87. The first-order valence-corrected chi connectivity index (χ1v) is 10.5. The Hall–Kier alpha value is -4.05. The van der Waals surface area contributed by atoms with E-state index in [0.717, 1.165) is 33.6 Å². The van der Waals surface area contributed by atoms with Gasteiger partial charge in [-0.3, -0.25) is 0 Å². The molecule has 0 saturated heterocycles. The lowest BCUT2D eigenvalue weighted by Gasteiger charge is -2.12. The van der Waals surface area contributed by atoms with E-state index < -0.39 is 0 Å². The number of nitrogens with zero attached hydrogens (tertiary/aromatic N) is 3. The van der Waals surface area contributed by atoms with Crippen LogP contribution in [-0.2, 0) is 7.05 Å². The maximum absolute atomic E-state index is 4.81. The molecule has 0 radical (unpaired) electrons. The predicted molar refractivity (Wildman–Crippen MR) is 129 cm³/mol. The fraction of sp³-hybridized carbons (Fsp3) is 0.0741. The van der Waals surface area contributed by atoms with Gasteiger partial charge in [0, 0.05) is 23.5 Å². The maximum atomic E-state index is 4.81. The molecule has 2 aromatic heterocycles. The number of aromatic nitrogens is 4. The van der Waals surface area contributed by atoms with Crippen LogP contribution < -0.4 is 0 Å². The number of hydrogen-bond acceptors (Lipinski definition) is 1. The molecule has 4 heteroatoms. The number of rotatable bonds is 1. The monoisotopic (exact) mass is 402 g/mol. The second-order valence-electron chi connectivity index (χ2n) is 7.93. The van der Waals surface area contributed by atoms with E-state index >= 15 is 0 Å². The van der Waals surface area contributed by atoms with E-state index in [1.165, 1.54) is 21.8 Å². The van der Waals surface area contributed by atoms with Crippen molar-refractivity contribution in [1.29, 1.82) is 0 Å². The lowest BCUT2D eigenvalue weighted by Crippen LogP contribution is -2.01. The molecule has 0 aliphatic carbocycles. The molecule has 0 aliphatic rings. The number of H-pyrrole nitrogens is 1. The first kappa shape index (κ1) is 17.8. The van der Waals surface area contributed by atoms with E-state index in [4.69, 9.17) is 4.98 Å². The minimum absolute atomic E-state index is 0.944. The zero-order chi connectivity index (χ0) is 20.9. The highest BCUT2D eigenvalue weighted by Gasteiger charge is 2.12. The van der Waals surface area contributed by atoms with Crippen LogP contribution in [-0.4, -0.2) is 19.1 Å². The lowest BCUT2D eigenvalue weighted by molar-refractivity contribution is 0.860. The van der Waals surface area contributed by atoms with E-state index in [1.807, 2.05) is 25.1 Å². The van der Waals surface area contributed by atoms with Gasteiger partial charge in [-0.15, -0.1) is 0 Å². The Morgan fingerprint density at radius 1 is 0.677 bits per heavy atom. The van der Waals surface area contributed by atoms with Gasteiger partial charge in [-0.05, 0) is 49.4 Å². The second kappa shape index (κ2) is 6.74. The second-order valence-corrected chi connectivity index (χ2v) is 7.93. The summed E-state index contributed by atoms with van der Waals surface area (Å²) in [5.74, 6) is 0.958. The van der Waals surface area contributed by atoms with Gasteiger partial charge in [0.1, 0.15) is 5.82 Å². The molecule has 0 bridgehead atoms. The van der Waals surface area contributed by atoms with Crippen LogP contribution in [0, 0.1) is 6.92 Å². The van der Waals surface area contributed by atoms with Crippen LogP contribution in [0.3, 0.4) is 0 Å². The lowest BCUT2D eigenvalue weighted by atomic mass is 10.2. The molecule has 0 saturated carbocycles. The van der Waals surface area contributed by atoms with E-state index in [0.29, 0.717) is 0 Å². The average Bonchev–Trinajstić information content (AvgIpc) is 3.14. The molecule has 0 unspecified atom stereocenters. The number of nitrogens with one attached hydrogen (secondary N) is 1. The number of benzene rings is 4. The molecule has 0 atom stereocenters. The number of aromatic amines is 1. The summed E-state index contributed by atoms with van der Waals surface area (Å²) in [4.78, 5) is 8.44. The predicted octanol–water partition coefficient (Wildman–Crippen LogP) is 6.58. The van der Waals surface area contributed by atoms with Crippen LogP contribution in [0.5, 0.6) is 0 Å². The van der Waals surface area contributed by atoms with Gasteiger partial charge in [0.2, 0.25) is 0 Å². The molecule has 31 heavy (non-hydrogen) atoms. The van der Waals surface area contributed by atoms with Crippen molar-refractivity contribution in [3.05, 3.63) is 96.8 Å². The molecule has 0 amide bonds. The van der Waals surface area contributed by atoms with Crippen LogP contribution >= 0.6 is 0 Å². The number of aryl methyl sites for hydroxylation is 2. The third-order valence-corrected chi connectivity index (χ3v) is 6.12. The summed E-state index contributed by atoms with van der Waals surface area (Å²) < 4.78 is 4.48. The first-order valence-electron chi connectivity index (χ1n) is 10.5. The Balaban J connectivity index is 1.75. The molecule has 6 aromatic rings. The van der Waals surface area contributed by atoms with Crippen molar-refractivity contribution in [3.8, 4) is 5.69 Å². The third-order valence-electron chi connectivity index (χ3n) is 6.12. The van der Waals surface area contributed by atoms with Crippen LogP contribution in [0.2, 0.25) is 0 Å². The Bertz CT molecular complexity index is 1610. The minimum atomic E-state index is 0.944. The molecule has 1 N–H and O–H groups in total. The van der Waals surface area contributed by atoms with E-state index in [1.54, 1.807) is 0 Å². The van der Waals surface area contributed by atoms with Gasteiger partial charge in [0.25, 0.3) is 0 Å². The average molecular weight is 403 g/mol. The summed E-state index contributed by atoms with van der Waals surface area (Å²) in [6, 6.07) is 32.0. The zero-order valence-corrected chi connectivity index (χ0v) is 17.5. The van der Waals surface area contributed by atoms with Gasteiger partial charge in [-0.2, -0.15) is 0 Å². The van der Waals surface area contributed by atoms with E-state index in [-0.39, 0.29) is 0 Å². The highest BCUT2D eigenvalue weighted by molar-refractivity contribution is 6.09. The van der Waals surface area contributed by atoms with Crippen molar-refractivity contribution in [2.75, 3.05) is 0 Å². The number of hydrogen-bond donors (Lipinski definition) is 1. The molecule has 0 spiro atoms. The van der Waals surface area contributed by atoms with Crippen molar-refractivity contribution in [1.82, 2.24) is 19.1 Å². The fourth-order valence-corrected chi connectivity index (χ4v) is 4.50. The summed E-state index contributed by atoms with van der Waals surface area (Å²) in [7, 11) is 2.06. The van der Waals surface area contributed by atoms with Gasteiger partial charge in [-0.1, -0.05) is 48.5 Å². The minimum Gasteiger partial charge on any atom is -0.352 e.